The molecule has 27 heavy (non-hydrogen) atoms. The van der Waals surface area contributed by atoms with Crippen LogP contribution >= 0.6 is 0 Å². The summed E-state index contributed by atoms with van der Waals surface area (Å²) in [6.45, 7) is 5.66. The minimum absolute atomic E-state index is 0.230. The predicted molar refractivity (Wildman–Crippen MR) is 107 cm³/mol. The highest BCUT2D eigenvalue weighted by Crippen LogP contribution is 2.11. The summed E-state index contributed by atoms with van der Waals surface area (Å²) >= 11 is 0. The number of hydrogen-bond acceptors (Lipinski definition) is 4. The number of carbonyl (C=O) groups excluding carboxylic acids is 1. The van der Waals surface area contributed by atoms with Gasteiger partial charge < -0.3 is 25.4 Å². The van der Waals surface area contributed by atoms with Crippen molar-refractivity contribution in [2.75, 3.05) is 32.8 Å². The van der Waals surface area contributed by atoms with E-state index in [2.05, 4.69) is 22.4 Å². The van der Waals surface area contributed by atoms with Crippen LogP contribution in [0.15, 0.2) is 35.3 Å². The van der Waals surface area contributed by atoms with Crippen molar-refractivity contribution in [3.8, 4) is 0 Å². The minimum Gasteiger partial charge on any atom is -0.450 e. The molecule has 7 nitrogen and oxygen atoms in total. The van der Waals surface area contributed by atoms with Crippen molar-refractivity contribution >= 4 is 12.1 Å². The molecule has 1 saturated heterocycles. The quantitative estimate of drug-likeness (QED) is 0.393. The standard InChI is InChI=1S/C20H32N4O3/c1-2-27-20(25)24-13-10-18(11-14-24)23-19(21)22-12-6-7-15-26-16-17-8-4-3-5-9-17/h3-5,8-9,18H,2,6-7,10-16H2,1H3,(H3,21,22,23). The smallest absolute Gasteiger partial charge is 0.409 e. The molecule has 0 radical (unpaired) electrons. The number of ether oxygens (including phenoxy) is 2. The van der Waals surface area contributed by atoms with Gasteiger partial charge in [-0.05, 0) is 38.2 Å². The second-order valence-corrected chi connectivity index (χ2v) is 6.62. The molecular formula is C20H32N4O3. The van der Waals surface area contributed by atoms with E-state index in [1.54, 1.807) is 4.90 Å². The van der Waals surface area contributed by atoms with Gasteiger partial charge >= 0.3 is 6.09 Å². The van der Waals surface area contributed by atoms with Crippen molar-refractivity contribution in [3.63, 3.8) is 0 Å². The number of benzene rings is 1. The fourth-order valence-corrected chi connectivity index (χ4v) is 2.96. The number of unbranched alkanes of at least 4 members (excludes halogenated alkanes) is 1. The molecule has 1 aromatic carbocycles. The van der Waals surface area contributed by atoms with Crippen molar-refractivity contribution in [2.24, 2.45) is 10.7 Å². The number of likely N-dealkylation sites (tertiary alicyclic amines) is 1. The van der Waals surface area contributed by atoms with E-state index in [-0.39, 0.29) is 12.1 Å². The van der Waals surface area contributed by atoms with Gasteiger partial charge in [-0.1, -0.05) is 30.3 Å². The Kier molecular flexibility index (Phi) is 9.48. The van der Waals surface area contributed by atoms with Crippen molar-refractivity contribution in [1.29, 1.82) is 0 Å². The fraction of sp³-hybridized carbons (Fsp3) is 0.600. The molecule has 3 N–H and O–H groups in total. The first-order valence-corrected chi connectivity index (χ1v) is 9.79. The third-order valence-electron chi connectivity index (χ3n) is 4.46. The predicted octanol–water partition coefficient (Wildman–Crippen LogP) is 2.51. The zero-order valence-corrected chi connectivity index (χ0v) is 16.2. The van der Waals surface area contributed by atoms with Crippen LogP contribution in [0.5, 0.6) is 0 Å². The lowest BCUT2D eigenvalue weighted by molar-refractivity contribution is 0.0963. The highest BCUT2D eigenvalue weighted by molar-refractivity contribution is 5.78. The molecule has 150 valence electrons. The van der Waals surface area contributed by atoms with Gasteiger partial charge in [-0.15, -0.1) is 0 Å². The largest absolute Gasteiger partial charge is 0.450 e. The normalized spacial score (nSPS) is 15.6. The van der Waals surface area contributed by atoms with Crippen LogP contribution in [0.4, 0.5) is 4.79 Å². The second-order valence-electron chi connectivity index (χ2n) is 6.62. The van der Waals surface area contributed by atoms with Crippen LogP contribution in [0.1, 0.15) is 38.2 Å². The summed E-state index contributed by atoms with van der Waals surface area (Å²) in [6.07, 6.45) is 3.37. The zero-order valence-electron chi connectivity index (χ0n) is 16.2. The maximum atomic E-state index is 11.7. The van der Waals surface area contributed by atoms with Gasteiger partial charge in [-0.2, -0.15) is 0 Å². The fourth-order valence-electron chi connectivity index (χ4n) is 2.96. The Hall–Kier alpha value is -2.28. The van der Waals surface area contributed by atoms with E-state index in [4.69, 9.17) is 15.2 Å². The van der Waals surface area contributed by atoms with Crippen molar-refractivity contribution in [3.05, 3.63) is 35.9 Å². The van der Waals surface area contributed by atoms with Crippen LogP contribution in [-0.2, 0) is 16.1 Å². The number of nitrogens with two attached hydrogens (primary N) is 1. The lowest BCUT2D eigenvalue weighted by Gasteiger charge is -2.31. The van der Waals surface area contributed by atoms with Crippen molar-refractivity contribution in [2.45, 2.75) is 45.3 Å². The second kappa shape index (κ2) is 12.2. The van der Waals surface area contributed by atoms with Gasteiger partial charge in [-0.3, -0.25) is 4.99 Å². The minimum atomic E-state index is -0.230. The molecule has 0 bridgehead atoms. The topological polar surface area (TPSA) is 89.2 Å². The summed E-state index contributed by atoms with van der Waals surface area (Å²) in [5.41, 5.74) is 7.16. The number of guanidine groups is 1. The molecule has 0 aromatic heterocycles. The third kappa shape index (κ3) is 8.30. The SMILES string of the molecule is CCOC(=O)N1CCC(NC(N)=NCCCCOCc2ccccc2)CC1. The number of piperidine rings is 1. The van der Waals surface area contributed by atoms with Gasteiger partial charge in [0.25, 0.3) is 0 Å². The highest BCUT2D eigenvalue weighted by atomic mass is 16.6. The first-order chi connectivity index (χ1) is 13.2. The molecule has 1 aliphatic heterocycles. The Balaban J connectivity index is 1.51. The molecule has 0 atom stereocenters. The van der Waals surface area contributed by atoms with Crippen LogP contribution in [0.25, 0.3) is 0 Å². The van der Waals surface area contributed by atoms with Crippen LogP contribution in [-0.4, -0.2) is 55.8 Å². The lowest BCUT2D eigenvalue weighted by Crippen LogP contribution is -2.48. The van der Waals surface area contributed by atoms with Gasteiger partial charge in [0.05, 0.1) is 13.2 Å². The molecule has 0 saturated carbocycles. The first kappa shape index (κ1) is 21.0. The van der Waals surface area contributed by atoms with Gasteiger partial charge in [0.15, 0.2) is 5.96 Å². The molecule has 1 fully saturated rings. The first-order valence-electron chi connectivity index (χ1n) is 9.79. The van der Waals surface area contributed by atoms with Crippen molar-refractivity contribution in [1.82, 2.24) is 10.2 Å². The van der Waals surface area contributed by atoms with E-state index >= 15 is 0 Å². The van der Waals surface area contributed by atoms with Gasteiger partial charge in [0, 0.05) is 32.3 Å². The number of amides is 1. The number of nitrogens with zero attached hydrogens (tertiary/aromatic N) is 2. The van der Waals surface area contributed by atoms with Gasteiger partial charge in [0.2, 0.25) is 0 Å². The van der Waals surface area contributed by atoms with Crippen LogP contribution in [0, 0.1) is 0 Å². The molecule has 0 aliphatic carbocycles. The maximum absolute atomic E-state index is 11.7. The molecule has 1 aromatic rings. The van der Waals surface area contributed by atoms with E-state index in [0.717, 1.165) is 32.3 Å². The number of aliphatic imine (C=N–C) groups is 1. The summed E-state index contributed by atoms with van der Waals surface area (Å²) in [5.74, 6) is 0.481. The molecule has 1 aliphatic rings. The average Bonchev–Trinajstić information content (AvgIpc) is 2.69. The Morgan fingerprint density at radius 1 is 1.26 bits per heavy atom. The van der Waals surface area contributed by atoms with Crippen molar-refractivity contribution < 1.29 is 14.3 Å². The zero-order chi connectivity index (χ0) is 19.3. The van der Waals surface area contributed by atoms with Gasteiger partial charge in [-0.25, -0.2) is 4.79 Å². The monoisotopic (exact) mass is 376 g/mol. The number of hydrogen-bond donors (Lipinski definition) is 2. The molecule has 1 heterocycles. The summed E-state index contributed by atoms with van der Waals surface area (Å²) in [5, 5.41) is 3.25. The molecule has 7 heteroatoms. The summed E-state index contributed by atoms with van der Waals surface area (Å²) in [7, 11) is 0. The van der Waals surface area contributed by atoms with Crippen LogP contribution in [0.2, 0.25) is 0 Å². The van der Waals surface area contributed by atoms with Crippen LogP contribution < -0.4 is 11.1 Å². The summed E-state index contributed by atoms with van der Waals surface area (Å²) in [6, 6.07) is 10.4. The molecular weight excluding hydrogens is 344 g/mol. The van der Waals surface area contributed by atoms with E-state index in [1.165, 1.54) is 5.56 Å². The Morgan fingerprint density at radius 3 is 2.70 bits per heavy atom. The summed E-state index contributed by atoms with van der Waals surface area (Å²) in [4.78, 5) is 17.8. The van der Waals surface area contributed by atoms with Crippen LogP contribution in [0.3, 0.4) is 0 Å². The van der Waals surface area contributed by atoms with E-state index in [0.29, 0.717) is 38.8 Å². The Bertz CT molecular complexity index is 572. The molecule has 2 rings (SSSR count). The number of carbonyl (C=O) groups is 1. The Morgan fingerprint density at radius 2 is 2.00 bits per heavy atom. The highest BCUT2D eigenvalue weighted by Gasteiger charge is 2.23. The average molecular weight is 377 g/mol. The Labute approximate surface area is 161 Å². The molecule has 0 unspecified atom stereocenters. The maximum Gasteiger partial charge on any atom is 0.409 e. The van der Waals surface area contributed by atoms with E-state index in [9.17, 15) is 4.79 Å². The van der Waals surface area contributed by atoms with E-state index in [1.807, 2.05) is 25.1 Å². The molecule has 1 amide bonds. The third-order valence-corrected chi connectivity index (χ3v) is 4.46. The molecule has 0 spiro atoms. The summed E-state index contributed by atoms with van der Waals surface area (Å²) < 4.78 is 10.7. The number of rotatable bonds is 9. The number of nitrogens with one attached hydrogen (secondary N) is 1. The lowest BCUT2D eigenvalue weighted by atomic mass is 10.1. The van der Waals surface area contributed by atoms with E-state index < -0.39 is 0 Å². The van der Waals surface area contributed by atoms with Gasteiger partial charge in [0.1, 0.15) is 0 Å².